The molecule has 0 N–H and O–H groups in total. The van der Waals surface area contributed by atoms with Gasteiger partial charge in [0.2, 0.25) is 0 Å². The largest absolute Gasteiger partial charge is 0.361 e. The zero-order valence-electron chi connectivity index (χ0n) is 10.3. The third kappa shape index (κ3) is 2.86. The highest BCUT2D eigenvalue weighted by Crippen LogP contribution is 2.25. The summed E-state index contributed by atoms with van der Waals surface area (Å²) in [5, 5.41) is 10.8. The van der Waals surface area contributed by atoms with E-state index in [-0.39, 0.29) is 17.0 Å². The SMILES string of the molecule is C#CCN(CC)c1ccc([N+](=O)[O-])c(C(C)=O)c1. The Morgan fingerprint density at radius 1 is 1.56 bits per heavy atom. The summed E-state index contributed by atoms with van der Waals surface area (Å²) in [4.78, 5) is 23.5. The lowest BCUT2D eigenvalue weighted by atomic mass is 10.1. The maximum atomic E-state index is 11.4. The van der Waals surface area contributed by atoms with Gasteiger partial charge in [-0.1, -0.05) is 5.92 Å². The van der Waals surface area contributed by atoms with Crippen LogP contribution < -0.4 is 4.90 Å². The van der Waals surface area contributed by atoms with Gasteiger partial charge in [0.25, 0.3) is 5.69 Å². The Labute approximate surface area is 106 Å². The monoisotopic (exact) mass is 246 g/mol. The molecule has 18 heavy (non-hydrogen) atoms. The number of benzene rings is 1. The summed E-state index contributed by atoms with van der Waals surface area (Å²) >= 11 is 0. The molecule has 0 aromatic heterocycles. The van der Waals surface area contributed by atoms with Gasteiger partial charge in [-0.2, -0.15) is 0 Å². The summed E-state index contributed by atoms with van der Waals surface area (Å²) in [5.74, 6) is 2.18. The van der Waals surface area contributed by atoms with Gasteiger partial charge in [0.1, 0.15) is 0 Å². The predicted octanol–water partition coefficient (Wildman–Crippen LogP) is 2.26. The Kier molecular flexibility index (Phi) is 4.44. The first-order chi connectivity index (χ1) is 8.51. The lowest BCUT2D eigenvalue weighted by molar-refractivity contribution is -0.385. The molecule has 0 aliphatic rings. The molecule has 5 heteroatoms. The van der Waals surface area contributed by atoms with Gasteiger partial charge in [0.05, 0.1) is 17.0 Å². The lowest BCUT2D eigenvalue weighted by Gasteiger charge is -2.20. The number of nitro groups is 1. The van der Waals surface area contributed by atoms with Crippen molar-refractivity contribution in [1.29, 1.82) is 0 Å². The molecule has 0 aliphatic carbocycles. The van der Waals surface area contributed by atoms with Gasteiger partial charge in [0.15, 0.2) is 5.78 Å². The number of rotatable bonds is 5. The van der Waals surface area contributed by atoms with E-state index in [1.807, 2.05) is 11.8 Å². The second kappa shape index (κ2) is 5.82. The number of carbonyl (C=O) groups excluding carboxylic acids is 1. The molecule has 0 aliphatic heterocycles. The molecule has 5 nitrogen and oxygen atoms in total. The van der Waals surface area contributed by atoms with Crippen molar-refractivity contribution in [2.24, 2.45) is 0 Å². The molecule has 0 spiro atoms. The number of hydrogen-bond acceptors (Lipinski definition) is 4. The first-order valence-corrected chi connectivity index (χ1v) is 5.49. The van der Waals surface area contributed by atoms with Crippen molar-refractivity contribution in [1.82, 2.24) is 0 Å². The first kappa shape index (κ1) is 13.7. The van der Waals surface area contributed by atoms with E-state index >= 15 is 0 Å². The van der Waals surface area contributed by atoms with Gasteiger partial charge in [-0.05, 0) is 26.0 Å². The highest BCUT2D eigenvalue weighted by molar-refractivity contribution is 5.99. The van der Waals surface area contributed by atoms with E-state index in [0.717, 1.165) is 0 Å². The topological polar surface area (TPSA) is 63.4 Å². The molecule has 0 amide bonds. The predicted molar refractivity (Wildman–Crippen MR) is 69.8 cm³/mol. The number of nitro benzene ring substituents is 1. The second-order valence-corrected chi connectivity index (χ2v) is 3.73. The Morgan fingerprint density at radius 3 is 2.67 bits per heavy atom. The van der Waals surface area contributed by atoms with E-state index in [0.29, 0.717) is 18.8 Å². The third-order valence-corrected chi connectivity index (χ3v) is 2.59. The van der Waals surface area contributed by atoms with Crippen LogP contribution in [0.1, 0.15) is 24.2 Å². The van der Waals surface area contributed by atoms with Crippen molar-refractivity contribution >= 4 is 17.2 Å². The van der Waals surface area contributed by atoms with Crippen LogP contribution in [0.3, 0.4) is 0 Å². The number of carbonyl (C=O) groups is 1. The summed E-state index contributed by atoms with van der Waals surface area (Å²) < 4.78 is 0. The minimum atomic E-state index is -0.558. The maximum Gasteiger partial charge on any atom is 0.280 e. The highest BCUT2D eigenvalue weighted by Gasteiger charge is 2.18. The van der Waals surface area contributed by atoms with E-state index in [1.165, 1.54) is 19.1 Å². The van der Waals surface area contributed by atoms with E-state index in [1.54, 1.807) is 6.07 Å². The average molecular weight is 246 g/mol. The molecule has 0 fully saturated rings. The van der Waals surface area contributed by atoms with Gasteiger partial charge < -0.3 is 4.90 Å². The van der Waals surface area contributed by atoms with Crippen LogP contribution in [-0.2, 0) is 0 Å². The van der Waals surface area contributed by atoms with Crippen LogP contribution in [0.5, 0.6) is 0 Å². The molecule has 1 aromatic carbocycles. The summed E-state index contributed by atoms with van der Waals surface area (Å²) in [6.45, 7) is 4.29. The van der Waals surface area contributed by atoms with Crippen molar-refractivity contribution in [3.05, 3.63) is 33.9 Å². The molecular weight excluding hydrogens is 232 g/mol. The van der Waals surface area contributed by atoms with Crippen molar-refractivity contribution in [2.45, 2.75) is 13.8 Å². The van der Waals surface area contributed by atoms with E-state index in [9.17, 15) is 14.9 Å². The number of ketones is 1. The standard InChI is InChI=1S/C13H14N2O3/c1-4-8-14(5-2)11-6-7-13(15(17)18)12(9-11)10(3)16/h1,6-7,9H,5,8H2,2-3H3. The smallest absolute Gasteiger partial charge is 0.280 e. The van der Waals surface area contributed by atoms with Crippen LogP contribution in [-0.4, -0.2) is 23.8 Å². The van der Waals surface area contributed by atoms with Crippen LogP contribution in [0.2, 0.25) is 0 Å². The molecule has 94 valence electrons. The van der Waals surface area contributed by atoms with E-state index in [2.05, 4.69) is 5.92 Å². The molecule has 0 saturated carbocycles. The van der Waals surface area contributed by atoms with Crippen LogP contribution in [0.15, 0.2) is 18.2 Å². The van der Waals surface area contributed by atoms with Gasteiger partial charge in [0, 0.05) is 18.3 Å². The van der Waals surface area contributed by atoms with Crippen molar-refractivity contribution in [3.8, 4) is 12.3 Å². The fourth-order valence-corrected chi connectivity index (χ4v) is 1.66. The maximum absolute atomic E-state index is 11.4. The minimum Gasteiger partial charge on any atom is -0.361 e. The van der Waals surface area contributed by atoms with Crippen LogP contribution in [0.25, 0.3) is 0 Å². The molecular formula is C13H14N2O3. The zero-order valence-corrected chi connectivity index (χ0v) is 10.3. The van der Waals surface area contributed by atoms with Crippen LogP contribution >= 0.6 is 0 Å². The number of anilines is 1. The molecule has 0 heterocycles. The lowest BCUT2D eigenvalue weighted by Crippen LogP contribution is -2.23. The average Bonchev–Trinajstić information content (AvgIpc) is 2.35. The fourth-order valence-electron chi connectivity index (χ4n) is 1.66. The first-order valence-electron chi connectivity index (χ1n) is 5.49. The van der Waals surface area contributed by atoms with Gasteiger partial charge in [-0.25, -0.2) is 0 Å². The van der Waals surface area contributed by atoms with Crippen molar-refractivity contribution in [3.63, 3.8) is 0 Å². The summed E-state index contributed by atoms with van der Waals surface area (Å²) in [6, 6.07) is 4.46. The quantitative estimate of drug-likeness (QED) is 0.346. The molecule has 1 aromatic rings. The van der Waals surface area contributed by atoms with E-state index in [4.69, 9.17) is 6.42 Å². The summed E-state index contributed by atoms with van der Waals surface area (Å²) in [6.07, 6.45) is 5.25. The highest BCUT2D eigenvalue weighted by atomic mass is 16.6. The number of hydrogen-bond donors (Lipinski definition) is 0. The molecule has 0 atom stereocenters. The molecule has 0 saturated heterocycles. The van der Waals surface area contributed by atoms with E-state index < -0.39 is 4.92 Å². The Hall–Kier alpha value is -2.35. The zero-order chi connectivity index (χ0) is 13.7. The number of nitrogens with zero attached hydrogens (tertiary/aromatic N) is 2. The molecule has 0 bridgehead atoms. The number of terminal acetylenes is 1. The molecule has 1 rings (SSSR count). The Balaban J connectivity index is 3.26. The minimum absolute atomic E-state index is 0.105. The summed E-state index contributed by atoms with van der Waals surface area (Å²) in [7, 11) is 0. The molecule has 0 unspecified atom stereocenters. The Bertz CT molecular complexity index is 517. The van der Waals surface area contributed by atoms with Crippen LogP contribution in [0, 0.1) is 22.5 Å². The summed E-state index contributed by atoms with van der Waals surface area (Å²) in [5.41, 5.74) is 0.641. The van der Waals surface area contributed by atoms with Gasteiger partial charge >= 0.3 is 0 Å². The van der Waals surface area contributed by atoms with Gasteiger partial charge in [-0.3, -0.25) is 14.9 Å². The van der Waals surface area contributed by atoms with Crippen molar-refractivity contribution in [2.75, 3.05) is 18.0 Å². The van der Waals surface area contributed by atoms with Crippen molar-refractivity contribution < 1.29 is 9.72 Å². The Morgan fingerprint density at radius 2 is 2.22 bits per heavy atom. The van der Waals surface area contributed by atoms with Crippen LogP contribution in [0.4, 0.5) is 11.4 Å². The molecule has 0 radical (unpaired) electrons. The second-order valence-electron chi connectivity index (χ2n) is 3.73. The fraction of sp³-hybridized carbons (Fsp3) is 0.308. The number of Topliss-reactive ketones (excluding diaryl/α,β-unsaturated/α-hetero) is 1. The third-order valence-electron chi connectivity index (χ3n) is 2.59. The normalized spacial score (nSPS) is 9.61. The van der Waals surface area contributed by atoms with Gasteiger partial charge in [-0.15, -0.1) is 6.42 Å².